The Morgan fingerprint density at radius 1 is 1.14 bits per heavy atom. The molecule has 0 aliphatic heterocycles. The molecule has 1 aromatic carbocycles. The summed E-state index contributed by atoms with van der Waals surface area (Å²) in [6.45, 7) is 0. The van der Waals surface area contributed by atoms with Crippen molar-refractivity contribution < 1.29 is 27.1 Å². The van der Waals surface area contributed by atoms with Gasteiger partial charge in [0.2, 0.25) is 0 Å². The van der Waals surface area contributed by atoms with Crippen LogP contribution in [0.4, 0.5) is 22.0 Å². The van der Waals surface area contributed by atoms with E-state index in [0.29, 0.717) is 6.07 Å². The predicted molar refractivity (Wildman–Crippen MR) is 67.4 cm³/mol. The molecule has 1 heterocycles. The maximum atomic E-state index is 13.7. The minimum Gasteiger partial charge on any atom is -0.383 e. The number of alkyl halides is 3. The highest BCUT2D eigenvalue weighted by molar-refractivity contribution is 9.10. The maximum Gasteiger partial charge on any atom is 0.416 e. The van der Waals surface area contributed by atoms with Crippen LogP contribution in [0.3, 0.4) is 0 Å². The molecule has 1 atom stereocenters. The highest BCUT2D eigenvalue weighted by atomic mass is 79.9. The zero-order valence-corrected chi connectivity index (χ0v) is 11.7. The Bertz CT molecular complexity index is 651. The molecule has 0 saturated carbocycles. The molecule has 0 bridgehead atoms. The Balaban J connectivity index is 2.59. The summed E-state index contributed by atoms with van der Waals surface area (Å²) in [6.07, 6.45) is -5.29. The molecule has 0 aliphatic carbocycles. The molecule has 8 heteroatoms. The van der Waals surface area contributed by atoms with Crippen molar-refractivity contribution in [3.05, 3.63) is 63.4 Å². The third-order valence-electron chi connectivity index (χ3n) is 2.77. The zero-order valence-electron chi connectivity index (χ0n) is 10.1. The van der Waals surface area contributed by atoms with Crippen LogP contribution in [0.15, 0.2) is 35.1 Å². The maximum absolute atomic E-state index is 13.7. The molecule has 21 heavy (non-hydrogen) atoms. The van der Waals surface area contributed by atoms with Crippen LogP contribution in [0, 0.1) is 11.6 Å². The fraction of sp³-hybridized carbons (Fsp3) is 0.154. The summed E-state index contributed by atoms with van der Waals surface area (Å²) in [5.41, 5.74) is -2.78. The van der Waals surface area contributed by atoms with Crippen LogP contribution in [0.25, 0.3) is 0 Å². The normalized spacial score (nSPS) is 13.3. The third kappa shape index (κ3) is 3.21. The molecular formula is C13H7BrF5NO. The van der Waals surface area contributed by atoms with Crippen molar-refractivity contribution in [2.75, 3.05) is 0 Å². The highest BCUT2D eigenvalue weighted by Gasteiger charge is 2.36. The van der Waals surface area contributed by atoms with Crippen LogP contribution in [-0.2, 0) is 6.18 Å². The average molecular weight is 368 g/mol. The molecular weight excluding hydrogens is 361 g/mol. The first kappa shape index (κ1) is 15.8. The Kier molecular flexibility index (Phi) is 4.29. The van der Waals surface area contributed by atoms with Gasteiger partial charge in [-0.15, -0.1) is 0 Å². The minimum absolute atomic E-state index is 0.0654. The lowest BCUT2D eigenvalue weighted by atomic mass is 9.97. The van der Waals surface area contributed by atoms with Gasteiger partial charge in [0.1, 0.15) is 17.7 Å². The van der Waals surface area contributed by atoms with Crippen LogP contribution >= 0.6 is 15.9 Å². The lowest BCUT2D eigenvalue weighted by molar-refractivity contribution is -0.139. The first-order valence-electron chi connectivity index (χ1n) is 5.55. The molecule has 0 spiro atoms. The van der Waals surface area contributed by atoms with Crippen molar-refractivity contribution in [1.82, 2.24) is 4.98 Å². The summed E-state index contributed by atoms with van der Waals surface area (Å²) in [7, 11) is 0. The number of aliphatic hydroxyl groups is 1. The Morgan fingerprint density at radius 3 is 2.24 bits per heavy atom. The number of aromatic nitrogens is 1. The fourth-order valence-electron chi connectivity index (χ4n) is 1.85. The molecule has 112 valence electrons. The van der Waals surface area contributed by atoms with Crippen LogP contribution in [-0.4, -0.2) is 10.1 Å². The first-order chi connectivity index (χ1) is 9.71. The Hall–Kier alpha value is -1.54. The molecule has 2 nitrogen and oxygen atoms in total. The quantitative estimate of drug-likeness (QED) is 0.806. The van der Waals surface area contributed by atoms with Crippen LogP contribution in [0.1, 0.15) is 22.8 Å². The summed E-state index contributed by atoms with van der Waals surface area (Å²) in [6, 6.07) is 2.34. The fourth-order valence-corrected chi connectivity index (χ4v) is 2.25. The lowest BCUT2D eigenvalue weighted by Gasteiger charge is -2.18. The molecule has 0 fully saturated rings. The molecule has 0 amide bonds. The monoisotopic (exact) mass is 367 g/mol. The Morgan fingerprint density at radius 2 is 1.71 bits per heavy atom. The summed E-state index contributed by atoms with van der Waals surface area (Å²) in [5.74, 6) is -2.32. The van der Waals surface area contributed by atoms with Gasteiger partial charge in [-0.3, -0.25) is 4.98 Å². The van der Waals surface area contributed by atoms with Gasteiger partial charge in [-0.2, -0.15) is 13.2 Å². The first-order valence-corrected chi connectivity index (χ1v) is 6.34. The summed E-state index contributed by atoms with van der Waals surface area (Å²) in [5, 5.41) is 9.95. The Labute approximate surface area is 124 Å². The van der Waals surface area contributed by atoms with Crippen LogP contribution in [0.2, 0.25) is 0 Å². The standard InChI is InChI=1S/C13H7BrF5NO/c14-6-3-9(15)11(10(16)4-6)12(21)7-5-20-2-1-8(7)13(17,18)19/h1-5,12,21H. The molecule has 1 unspecified atom stereocenters. The second kappa shape index (κ2) is 5.69. The summed E-state index contributed by atoms with van der Waals surface area (Å²) >= 11 is 2.84. The predicted octanol–water partition coefficient (Wildman–Crippen LogP) is 4.22. The van der Waals surface area contributed by atoms with Gasteiger partial charge in [0.05, 0.1) is 11.1 Å². The van der Waals surface area contributed by atoms with E-state index in [2.05, 4.69) is 20.9 Å². The van der Waals surface area contributed by atoms with Gasteiger partial charge in [-0.1, -0.05) is 15.9 Å². The number of nitrogens with zero attached hydrogens (tertiary/aromatic N) is 1. The number of benzene rings is 1. The highest BCUT2D eigenvalue weighted by Crippen LogP contribution is 2.37. The van der Waals surface area contributed by atoms with Gasteiger partial charge in [-0.05, 0) is 18.2 Å². The smallest absolute Gasteiger partial charge is 0.383 e. The zero-order chi connectivity index (χ0) is 15.8. The van der Waals surface area contributed by atoms with Gasteiger partial charge in [-0.25, -0.2) is 8.78 Å². The number of hydrogen-bond donors (Lipinski definition) is 1. The number of rotatable bonds is 2. The van der Waals surface area contributed by atoms with Crippen molar-refractivity contribution in [1.29, 1.82) is 0 Å². The lowest BCUT2D eigenvalue weighted by Crippen LogP contribution is -2.15. The molecule has 2 rings (SSSR count). The summed E-state index contributed by atoms with van der Waals surface area (Å²) in [4.78, 5) is 3.47. The van der Waals surface area contributed by atoms with Crippen molar-refractivity contribution in [2.24, 2.45) is 0 Å². The molecule has 0 radical (unpaired) electrons. The van der Waals surface area contributed by atoms with E-state index in [-0.39, 0.29) is 4.47 Å². The van der Waals surface area contributed by atoms with Crippen LogP contribution < -0.4 is 0 Å². The average Bonchev–Trinajstić information content (AvgIpc) is 2.36. The molecule has 0 saturated heterocycles. The van der Waals surface area contributed by atoms with E-state index >= 15 is 0 Å². The second-order valence-corrected chi connectivity index (χ2v) is 5.06. The van der Waals surface area contributed by atoms with E-state index in [4.69, 9.17) is 0 Å². The van der Waals surface area contributed by atoms with E-state index < -0.39 is 40.6 Å². The third-order valence-corrected chi connectivity index (χ3v) is 3.23. The SMILES string of the molecule is OC(c1cnccc1C(F)(F)F)c1c(F)cc(Br)cc1F. The van der Waals surface area contributed by atoms with Gasteiger partial charge >= 0.3 is 6.18 Å². The van der Waals surface area contributed by atoms with E-state index in [9.17, 15) is 27.1 Å². The van der Waals surface area contributed by atoms with E-state index in [1.54, 1.807) is 0 Å². The molecule has 1 aromatic heterocycles. The van der Waals surface area contributed by atoms with E-state index in [1.165, 1.54) is 0 Å². The van der Waals surface area contributed by atoms with Gasteiger partial charge in [0.25, 0.3) is 0 Å². The minimum atomic E-state index is -4.78. The van der Waals surface area contributed by atoms with Gasteiger partial charge < -0.3 is 5.11 Å². The number of aliphatic hydroxyl groups excluding tert-OH is 1. The van der Waals surface area contributed by atoms with Crippen molar-refractivity contribution in [2.45, 2.75) is 12.3 Å². The summed E-state index contributed by atoms with van der Waals surface area (Å²) < 4.78 is 66.1. The molecule has 2 aromatic rings. The number of halogens is 6. The van der Waals surface area contributed by atoms with Crippen molar-refractivity contribution in [3.63, 3.8) is 0 Å². The number of hydrogen-bond acceptors (Lipinski definition) is 2. The van der Waals surface area contributed by atoms with E-state index in [0.717, 1.165) is 24.5 Å². The second-order valence-electron chi connectivity index (χ2n) is 4.15. The topological polar surface area (TPSA) is 33.1 Å². The number of pyridine rings is 1. The molecule has 0 aliphatic rings. The van der Waals surface area contributed by atoms with Crippen molar-refractivity contribution >= 4 is 15.9 Å². The molecule has 1 N–H and O–H groups in total. The van der Waals surface area contributed by atoms with Gasteiger partial charge in [0, 0.05) is 22.4 Å². The van der Waals surface area contributed by atoms with Gasteiger partial charge in [0.15, 0.2) is 0 Å². The van der Waals surface area contributed by atoms with Crippen molar-refractivity contribution in [3.8, 4) is 0 Å². The van der Waals surface area contributed by atoms with Crippen LogP contribution in [0.5, 0.6) is 0 Å². The van der Waals surface area contributed by atoms with E-state index in [1.807, 2.05) is 0 Å². The largest absolute Gasteiger partial charge is 0.416 e.